The highest BCUT2D eigenvalue weighted by molar-refractivity contribution is 6.30. The summed E-state index contributed by atoms with van der Waals surface area (Å²) >= 11 is 6.13. The van der Waals surface area contributed by atoms with Gasteiger partial charge in [0.2, 0.25) is 5.91 Å². The average molecular weight is 515 g/mol. The number of carboxylic acids is 1. The van der Waals surface area contributed by atoms with Crippen LogP contribution in [0.1, 0.15) is 42.0 Å². The molecule has 37 heavy (non-hydrogen) atoms. The van der Waals surface area contributed by atoms with E-state index in [4.69, 9.17) is 16.7 Å². The Morgan fingerprint density at radius 3 is 2.49 bits per heavy atom. The number of hydrazone groups is 1. The lowest BCUT2D eigenvalue weighted by Gasteiger charge is -2.22. The first kappa shape index (κ1) is 24.4. The van der Waals surface area contributed by atoms with Crippen LogP contribution in [0.15, 0.2) is 76.8 Å². The maximum atomic E-state index is 13.5. The molecule has 1 atom stereocenters. The van der Waals surface area contributed by atoms with Gasteiger partial charge in [0.1, 0.15) is 5.65 Å². The molecule has 8 nitrogen and oxygen atoms in total. The Kier molecular flexibility index (Phi) is 6.58. The molecule has 0 radical (unpaired) electrons. The first-order valence-electron chi connectivity index (χ1n) is 11.8. The Labute approximate surface area is 217 Å². The van der Waals surface area contributed by atoms with E-state index in [9.17, 15) is 14.4 Å². The van der Waals surface area contributed by atoms with E-state index in [2.05, 4.69) is 15.1 Å². The van der Waals surface area contributed by atoms with Crippen LogP contribution in [0.4, 0.5) is 0 Å². The third kappa shape index (κ3) is 4.88. The number of benzene rings is 2. The molecular formula is C28H23ClN4O4. The molecule has 5 rings (SSSR count). The second-order valence-electron chi connectivity index (χ2n) is 8.92. The van der Waals surface area contributed by atoms with Crippen LogP contribution in [0.2, 0.25) is 5.02 Å². The van der Waals surface area contributed by atoms with Gasteiger partial charge >= 0.3 is 5.97 Å². The number of nitrogens with one attached hydrogen (secondary N) is 1. The van der Waals surface area contributed by atoms with Crippen molar-refractivity contribution < 1.29 is 14.7 Å². The zero-order valence-electron chi connectivity index (χ0n) is 19.9. The van der Waals surface area contributed by atoms with Gasteiger partial charge in [0.15, 0.2) is 0 Å². The monoisotopic (exact) mass is 514 g/mol. The predicted molar refractivity (Wildman–Crippen MR) is 142 cm³/mol. The number of aromatic nitrogens is 2. The maximum Gasteiger partial charge on any atom is 0.303 e. The predicted octanol–water partition coefficient (Wildman–Crippen LogP) is 5.09. The van der Waals surface area contributed by atoms with Gasteiger partial charge < -0.3 is 10.1 Å². The lowest BCUT2D eigenvalue weighted by molar-refractivity contribution is -0.141. The Morgan fingerprint density at radius 1 is 1.05 bits per heavy atom. The number of aryl methyl sites for hydroxylation is 1. The highest BCUT2D eigenvalue weighted by atomic mass is 35.5. The van der Waals surface area contributed by atoms with Crippen molar-refractivity contribution in [1.82, 2.24) is 15.0 Å². The van der Waals surface area contributed by atoms with E-state index in [0.717, 1.165) is 22.1 Å². The van der Waals surface area contributed by atoms with Crippen LogP contribution < -0.4 is 5.56 Å². The lowest BCUT2D eigenvalue weighted by Crippen LogP contribution is -2.27. The van der Waals surface area contributed by atoms with Crippen molar-refractivity contribution in [2.24, 2.45) is 5.10 Å². The zero-order valence-corrected chi connectivity index (χ0v) is 20.7. The van der Waals surface area contributed by atoms with E-state index in [1.54, 1.807) is 24.4 Å². The van der Waals surface area contributed by atoms with Gasteiger partial charge in [-0.2, -0.15) is 5.10 Å². The second-order valence-corrected chi connectivity index (χ2v) is 9.36. The third-order valence-corrected chi connectivity index (χ3v) is 6.64. The summed E-state index contributed by atoms with van der Waals surface area (Å²) in [5.41, 5.74) is 4.15. The van der Waals surface area contributed by atoms with Crippen molar-refractivity contribution in [2.45, 2.75) is 32.2 Å². The number of hydrogen-bond donors (Lipinski definition) is 2. The topological polar surface area (TPSA) is 116 Å². The molecule has 3 heterocycles. The average Bonchev–Trinajstić information content (AvgIpc) is 3.32. The number of aliphatic carboxylic acids is 1. The quantitative estimate of drug-likeness (QED) is 0.371. The number of nitrogens with zero attached hydrogens (tertiary/aromatic N) is 3. The minimum atomic E-state index is -1.06. The van der Waals surface area contributed by atoms with Gasteiger partial charge in [-0.15, -0.1) is 0 Å². The van der Waals surface area contributed by atoms with Crippen LogP contribution in [0, 0.1) is 6.92 Å². The minimum absolute atomic E-state index is 0.198. The molecule has 1 aliphatic heterocycles. The molecule has 0 fully saturated rings. The molecule has 9 heteroatoms. The third-order valence-electron chi connectivity index (χ3n) is 6.39. The Morgan fingerprint density at radius 2 is 1.78 bits per heavy atom. The summed E-state index contributed by atoms with van der Waals surface area (Å²) in [6, 6.07) is 18.1. The molecular weight excluding hydrogens is 492 g/mol. The van der Waals surface area contributed by atoms with Gasteiger partial charge in [0.05, 0.1) is 23.7 Å². The van der Waals surface area contributed by atoms with E-state index < -0.39 is 17.9 Å². The van der Waals surface area contributed by atoms with Crippen LogP contribution in [-0.4, -0.2) is 37.7 Å². The molecule has 186 valence electrons. The number of halogens is 1. The minimum Gasteiger partial charge on any atom is -0.481 e. The molecule has 2 N–H and O–H groups in total. The molecule has 2 aromatic heterocycles. The molecule has 1 amide bonds. The van der Waals surface area contributed by atoms with Gasteiger partial charge in [0, 0.05) is 35.0 Å². The SMILES string of the molecule is Cc1ccc([C@H]2CC(c3c(-c4ccc(Cl)cc4)c4cccnc4[nH]c3=O)=NN2C(=O)CCC(=O)O)cc1. The summed E-state index contributed by atoms with van der Waals surface area (Å²) in [4.78, 5) is 44.9. The van der Waals surface area contributed by atoms with Crippen LogP contribution in [0.25, 0.3) is 22.2 Å². The number of rotatable bonds is 6. The van der Waals surface area contributed by atoms with Gasteiger partial charge in [0.25, 0.3) is 5.56 Å². The van der Waals surface area contributed by atoms with Crippen LogP contribution in [-0.2, 0) is 9.59 Å². The van der Waals surface area contributed by atoms with Crippen molar-refractivity contribution in [3.63, 3.8) is 0 Å². The molecule has 0 aliphatic carbocycles. The lowest BCUT2D eigenvalue weighted by atomic mass is 9.91. The molecule has 0 saturated heterocycles. The Hall–Kier alpha value is -4.30. The van der Waals surface area contributed by atoms with E-state index in [1.165, 1.54) is 5.01 Å². The van der Waals surface area contributed by atoms with Gasteiger partial charge in [-0.1, -0.05) is 53.6 Å². The number of aromatic amines is 1. The van der Waals surface area contributed by atoms with E-state index >= 15 is 0 Å². The van der Waals surface area contributed by atoms with Gasteiger partial charge in [-0.25, -0.2) is 9.99 Å². The number of fused-ring (bicyclic) bond motifs is 1. The van der Waals surface area contributed by atoms with Crippen LogP contribution in [0.5, 0.6) is 0 Å². The fraction of sp³-hybridized carbons (Fsp3) is 0.179. The number of H-pyrrole nitrogens is 1. The first-order valence-corrected chi connectivity index (χ1v) is 12.1. The highest BCUT2D eigenvalue weighted by Crippen LogP contribution is 2.37. The van der Waals surface area contributed by atoms with E-state index in [1.807, 2.05) is 49.4 Å². The molecule has 0 saturated carbocycles. The van der Waals surface area contributed by atoms with Gasteiger partial charge in [-0.05, 0) is 42.3 Å². The molecule has 0 spiro atoms. The van der Waals surface area contributed by atoms with Crippen molar-refractivity contribution in [1.29, 1.82) is 0 Å². The molecule has 0 bridgehead atoms. The first-order chi connectivity index (χ1) is 17.8. The van der Waals surface area contributed by atoms with Crippen molar-refractivity contribution in [3.05, 3.63) is 98.9 Å². The van der Waals surface area contributed by atoms with Crippen molar-refractivity contribution >= 4 is 40.2 Å². The fourth-order valence-corrected chi connectivity index (χ4v) is 4.71. The normalized spacial score (nSPS) is 15.1. The number of carbonyl (C=O) groups excluding carboxylic acids is 1. The standard InChI is InChI=1S/C28H23ClN4O4/c1-16-4-6-17(7-5-16)22-15-21(32-33(22)23(34)12-13-24(35)36)26-25(18-8-10-19(29)11-9-18)20-3-2-14-30-27(20)31-28(26)37/h2-11,14,22H,12-13,15H2,1H3,(H,35,36)(H,30,31,37)/t22-/m1/s1. The number of carboxylic acid groups (broad SMARTS) is 1. The van der Waals surface area contributed by atoms with Gasteiger partial charge in [-0.3, -0.25) is 14.4 Å². The molecule has 1 aliphatic rings. The molecule has 4 aromatic rings. The second kappa shape index (κ2) is 9.99. The maximum absolute atomic E-state index is 13.5. The zero-order chi connectivity index (χ0) is 26.1. The number of amides is 1. The number of carbonyl (C=O) groups is 2. The smallest absolute Gasteiger partial charge is 0.303 e. The molecule has 0 unspecified atom stereocenters. The summed E-state index contributed by atoms with van der Waals surface area (Å²) < 4.78 is 0. The summed E-state index contributed by atoms with van der Waals surface area (Å²) in [5.74, 6) is -1.48. The highest BCUT2D eigenvalue weighted by Gasteiger charge is 2.35. The molecule has 2 aromatic carbocycles. The number of hydrogen-bond acceptors (Lipinski definition) is 5. The fourth-order valence-electron chi connectivity index (χ4n) is 4.58. The Balaban J connectivity index is 1.68. The number of pyridine rings is 2. The summed E-state index contributed by atoms with van der Waals surface area (Å²) in [5, 5.41) is 16.3. The summed E-state index contributed by atoms with van der Waals surface area (Å²) in [6.45, 7) is 1.97. The summed E-state index contributed by atoms with van der Waals surface area (Å²) in [7, 11) is 0. The largest absolute Gasteiger partial charge is 0.481 e. The summed E-state index contributed by atoms with van der Waals surface area (Å²) in [6.07, 6.45) is 1.39. The van der Waals surface area contributed by atoms with Crippen molar-refractivity contribution in [3.8, 4) is 11.1 Å². The van der Waals surface area contributed by atoms with Crippen LogP contribution >= 0.6 is 11.6 Å². The van der Waals surface area contributed by atoms with E-state index in [-0.39, 0.29) is 24.8 Å². The van der Waals surface area contributed by atoms with Crippen molar-refractivity contribution in [2.75, 3.05) is 0 Å². The van der Waals surface area contributed by atoms with E-state index in [0.29, 0.717) is 27.5 Å². The Bertz CT molecular complexity index is 1590. The van der Waals surface area contributed by atoms with Crippen LogP contribution in [0.3, 0.4) is 0 Å².